The Morgan fingerprint density at radius 1 is 1.24 bits per heavy atom. The van der Waals surface area contributed by atoms with Gasteiger partial charge in [0.15, 0.2) is 11.5 Å². The van der Waals surface area contributed by atoms with Gasteiger partial charge in [0.05, 0.1) is 0 Å². The summed E-state index contributed by atoms with van der Waals surface area (Å²) in [5.74, 6) is 0.422. The summed E-state index contributed by atoms with van der Waals surface area (Å²) in [6, 6.07) is 2.25. The van der Waals surface area contributed by atoms with Crippen molar-refractivity contribution in [1.29, 1.82) is 0 Å². The minimum atomic E-state index is -4.45. The molecule has 0 aliphatic carbocycles. The van der Waals surface area contributed by atoms with Crippen LogP contribution in [0.5, 0.6) is 0 Å². The molecular formula is C10H15F3N4. The quantitative estimate of drug-likeness (QED) is 0.861. The Labute approximate surface area is 97.6 Å². The highest BCUT2D eigenvalue weighted by Crippen LogP contribution is 2.27. The molecule has 0 atom stereocenters. The van der Waals surface area contributed by atoms with Crippen molar-refractivity contribution in [1.82, 2.24) is 10.2 Å². The van der Waals surface area contributed by atoms with Crippen molar-refractivity contribution < 1.29 is 13.2 Å². The average molecular weight is 248 g/mol. The van der Waals surface area contributed by atoms with Gasteiger partial charge in [0.2, 0.25) is 0 Å². The molecule has 4 nitrogen and oxygen atoms in total. The number of rotatable bonds is 5. The zero-order chi connectivity index (χ0) is 12.9. The molecule has 0 amide bonds. The van der Waals surface area contributed by atoms with E-state index in [2.05, 4.69) is 10.2 Å². The molecule has 1 rings (SSSR count). The second kappa shape index (κ2) is 5.81. The summed E-state index contributed by atoms with van der Waals surface area (Å²) in [5.41, 5.74) is 4.45. The summed E-state index contributed by atoms with van der Waals surface area (Å²) in [6.45, 7) is 3.63. The van der Waals surface area contributed by atoms with E-state index < -0.39 is 11.9 Å². The van der Waals surface area contributed by atoms with Crippen LogP contribution in [0.1, 0.15) is 19.0 Å². The van der Waals surface area contributed by atoms with Crippen molar-refractivity contribution in [2.45, 2.75) is 19.5 Å². The maximum absolute atomic E-state index is 12.3. The highest BCUT2D eigenvalue weighted by molar-refractivity contribution is 5.37. The SMILES string of the molecule is CCCN(CCN)c1ccc(C(F)(F)F)nn1. The number of halogens is 3. The fraction of sp³-hybridized carbons (Fsp3) is 0.600. The van der Waals surface area contributed by atoms with Crippen LogP contribution in [-0.2, 0) is 6.18 Å². The van der Waals surface area contributed by atoms with E-state index in [1.54, 1.807) is 0 Å². The van der Waals surface area contributed by atoms with Gasteiger partial charge >= 0.3 is 6.18 Å². The van der Waals surface area contributed by atoms with Crippen LogP contribution < -0.4 is 10.6 Å². The van der Waals surface area contributed by atoms with Gasteiger partial charge in [-0.1, -0.05) is 6.92 Å². The van der Waals surface area contributed by atoms with E-state index in [1.165, 1.54) is 6.07 Å². The van der Waals surface area contributed by atoms with Crippen molar-refractivity contribution in [3.05, 3.63) is 17.8 Å². The standard InChI is InChI=1S/C10H15F3N4/c1-2-6-17(7-5-14)9-4-3-8(15-16-9)10(11,12)13/h3-4H,2,5-7,14H2,1H3. The van der Waals surface area contributed by atoms with Gasteiger partial charge in [0, 0.05) is 19.6 Å². The lowest BCUT2D eigenvalue weighted by atomic mass is 10.3. The summed E-state index contributed by atoms with van der Waals surface area (Å²) in [5, 5.41) is 6.76. The first-order chi connectivity index (χ1) is 7.99. The summed E-state index contributed by atoms with van der Waals surface area (Å²) in [6.07, 6.45) is -3.59. The topological polar surface area (TPSA) is 55.0 Å². The Balaban J connectivity index is 2.84. The molecule has 0 saturated heterocycles. The fourth-order valence-electron chi connectivity index (χ4n) is 1.41. The number of aromatic nitrogens is 2. The molecule has 0 unspecified atom stereocenters. The van der Waals surface area contributed by atoms with Crippen molar-refractivity contribution in [2.24, 2.45) is 5.73 Å². The van der Waals surface area contributed by atoms with E-state index in [1.807, 2.05) is 11.8 Å². The molecule has 0 radical (unpaired) electrons. The molecule has 1 aromatic heterocycles. The lowest BCUT2D eigenvalue weighted by Crippen LogP contribution is -2.31. The minimum Gasteiger partial charge on any atom is -0.354 e. The maximum Gasteiger partial charge on any atom is 0.435 e. The molecule has 7 heteroatoms. The van der Waals surface area contributed by atoms with Crippen molar-refractivity contribution >= 4 is 5.82 Å². The normalized spacial score (nSPS) is 11.6. The fourth-order valence-corrected chi connectivity index (χ4v) is 1.41. The van der Waals surface area contributed by atoms with E-state index in [4.69, 9.17) is 5.73 Å². The van der Waals surface area contributed by atoms with E-state index in [9.17, 15) is 13.2 Å². The van der Waals surface area contributed by atoms with Gasteiger partial charge in [0.1, 0.15) is 0 Å². The molecule has 0 fully saturated rings. The van der Waals surface area contributed by atoms with Crippen molar-refractivity contribution in [2.75, 3.05) is 24.5 Å². The Morgan fingerprint density at radius 3 is 2.35 bits per heavy atom. The van der Waals surface area contributed by atoms with Crippen LogP contribution in [0.2, 0.25) is 0 Å². The Morgan fingerprint density at radius 2 is 1.94 bits per heavy atom. The van der Waals surface area contributed by atoms with Crippen LogP contribution in [0.15, 0.2) is 12.1 Å². The molecule has 1 heterocycles. The molecule has 96 valence electrons. The van der Waals surface area contributed by atoms with Gasteiger partial charge in [-0.05, 0) is 18.6 Å². The molecule has 17 heavy (non-hydrogen) atoms. The molecule has 0 spiro atoms. The first kappa shape index (κ1) is 13.7. The highest BCUT2D eigenvalue weighted by Gasteiger charge is 2.33. The van der Waals surface area contributed by atoms with Crippen LogP contribution in [-0.4, -0.2) is 29.8 Å². The van der Waals surface area contributed by atoms with E-state index in [-0.39, 0.29) is 0 Å². The summed E-state index contributed by atoms with van der Waals surface area (Å²) >= 11 is 0. The largest absolute Gasteiger partial charge is 0.435 e. The zero-order valence-electron chi connectivity index (χ0n) is 9.54. The first-order valence-electron chi connectivity index (χ1n) is 5.35. The maximum atomic E-state index is 12.3. The number of anilines is 1. The van der Waals surface area contributed by atoms with Gasteiger partial charge in [-0.2, -0.15) is 13.2 Å². The second-order valence-corrected chi connectivity index (χ2v) is 3.55. The van der Waals surface area contributed by atoms with Gasteiger partial charge in [-0.3, -0.25) is 0 Å². The molecule has 1 aromatic rings. The molecule has 0 aromatic carbocycles. The van der Waals surface area contributed by atoms with E-state index in [0.717, 1.165) is 12.5 Å². The minimum absolute atomic E-state index is 0.419. The number of hydrogen-bond acceptors (Lipinski definition) is 4. The first-order valence-corrected chi connectivity index (χ1v) is 5.35. The van der Waals surface area contributed by atoms with E-state index in [0.29, 0.717) is 25.5 Å². The summed E-state index contributed by atoms with van der Waals surface area (Å²) < 4.78 is 36.8. The summed E-state index contributed by atoms with van der Waals surface area (Å²) in [4.78, 5) is 1.81. The van der Waals surface area contributed by atoms with Gasteiger partial charge in [0.25, 0.3) is 0 Å². The Hall–Kier alpha value is -1.37. The van der Waals surface area contributed by atoms with Gasteiger partial charge < -0.3 is 10.6 Å². The molecule has 0 bridgehead atoms. The number of hydrogen-bond donors (Lipinski definition) is 1. The number of alkyl halides is 3. The van der Waals surface area contributed by atoms with Crippen LogP contribution in [0.3, 0.4) is 0 Å². The highest BCUT2D eigenvalue weighted by atomic mass is 19.4. The molecular weight excluding hydrogens is 233 g/mol. The van der Waals surface area contributed by atoms with Crippen LogP contribution >= 0.6 is 0 Å². The summed E-state index contributed by atoms with van der Waals surface area (Å²) in [7, 11) is 0. The van der Waals surface area contributed by atoms with Gasteiger partial charge in [-0.25, -0.2) is 0 Å². The second-order valence-electron chi connectivity index (χ2n) is 3.55. The predicted octanol–water partition coefficient (Wildman–Crippen LogP) is 1.67. The molecule has 2 N–H and O–H groups in total. The van der Waals surface area contributed by atoms with Crippen LogP contribution in [0, 0.1) is 0 Å². The molecule has 0 aliphatic rings. The number of nitrogens with zero attached hydrogens (tertiary/aromatic N) is 3. The Bertz CT molecular complexity index is 330. The lowest BCUT2D eigenvalue weighted by Gasteiger charge is -2.21. The third-order valence-corrected chi connectivity index (χ3v) is 2.16. The van der Waals surface area contributed by atoms with Crippen LogP contribution in [0.25, 0.3) is 0 Å². The smallest absolute Gasteiger partial charge is 0.354 e. The van der Waals surface area contributed by atoms with Crippen molar-refractivity contribution in [3.63, 3.8) is 0 Å². The van der Waals surface area contributed by atoms with E-state index >= 15 is 0 Å². The molecule has 0 aliphatic heterocycles. The lowest BCUT2D eigenvalue weighted by molar-refractivity contribution is -0.141. The third kappa shape index (κ3) is 3.85. The van der Waals surface area contributed by atoms with Gasteiger partial charge in [-0.15, -0.1) is 10.2 Å². The van der Waals surface area contributed by atoms with Crippen LogP contribution in [0.4, 0.5) is 19.0 Å². The molecule has 0 saturated carbocycles. The predicted molar refractivity (Wildman–Crippen MR) is 58.6 cm³/mol. The average Bonchev–Trinajstić information content (AvgIpc) is 2.28. The number of nitrogens with two attached hydrogens (primary N) is 1. The zero-order valence-corrected chi connectivity index (χ0v) is 9.54. The monoisotopic (exact) mass is 248 g/mol. The van der Waals surface area contributed by atoms with Crippen molar-refractivity contribution in [3.8, 4) is 0 Å². The third-order valence-electron chi connectivity index (χ3n) is 2.16. The Kier molecular flexibility index (Phi) is 4.68.